The molecular weight excluding hydrogens is 350 g/mol. The van der Waals surface area contributed by atoms with Crippen molar-refractivity contribution in [2.24, 2.45) is 0 Å². The van der Waals surface area contributed by atoms with Crippen LogP contribution >= 0.6 is 23.4 Å². The number of rotatable bonds is 5. The van der Waals surface area contributed by atoms with Crippen LogP contribution in [0.5, 0.6) is 0 Å². The first-order valence-electron chi connectivity index (χ1n) is 7.10. The van der Waals surface area contributed by atoms with Crippen LogP contribution in [-0.4, -0.2) is 31.1 Å². The lowest BCUT2D eigenvalue weighted by Gasteiger charge is -2.11. The monoisotopic (exact) mass is 363 g/mol. The van der Waals surface area contributed by atoms with Gasteiger partial charge in [-0.25, -0.2) is 0 Å². The quantitative estimate of drug-likeness (QED) is 0.700. The van der Waals surface area contributed by atoms with Gasteiger partial charge >= 0.3 is 0 Å². The van der Waals surface area contributed by atoms with Gasteiger partial charge in [-0.3, -0.25) is 14.7 Å². The highest BCUT2D eigenvalue weighted by atomic mass is 35.5. The van der Waals surface area contributed by atoms with Crippen LogP contribution in [-0.2, 0) is 4.79 Å². The Kier molecular flexibility index (Phi) is 4.86. The van der Waals surface area contributed by atoms with Crippen molar-refractivity contribution in [3.05, 3.63) is 47.4 Å². The average molecular weight is 364 g/mol. The molecule has 24 heavy (non-hydrogen) atoms. The van der Waals surface area contributed by atoms with Crippen molar-refractivity contribution >= 4 is 35.2 Å². The molecule has 0 bridgehead atoms. The zero-order chi connectivity index (χ0) is 17.1. The minimum Gasteiger partial charge on any atom is -0.338 e. The number of amides is 1. The van der Waals surface area contributed by atoms with Crippen molar-refractivity contribution in [2.45, 2.75) is 24.3 Å². The van der Waals surface area contributed by atoms with E-state index in [0.29, 0.717) is 21.8 Å². The fraction of sp³-hybridized carbons (Fsp3) is 0.200. The number of nitrogens with one attached hydrogen (secondary N) is 1. The average Bonchev–Trinajstić information content (AvgIpc) is 3.16. The zero-order valence-corrected chi connectivity index (χ0v) is 14.5. The predicted octanol–water partition coefficient (Wildman–Crippen LogP) is 3.34. The van der Waals surface area contributed by atoms with Gasteiger partial charge in [0.1, 0.15) is 6.33 Å². The number of hydrogen-bond acceptors (Lipinski definition) is 6. The highest BCUT2D eigenvalue weighted by Crippen LogP contribution is 2.25. The second-order valence-corrected chi connectivity index (χ2v) is 6.79. The molecule has 3 rings (SSSR count). The van der Waals surface area contributed by atoms with E-state index < -0.39 is 5.25 Å². The van der Waals surface area contributed by atoms with Crippen LogP contribution in [0.2, 0.25) is 5.02 Å². The van der Waals surface area contributed by atoms with Crippen LogP contribution in [0.1, 0.15) is 12.6 Å². The van der Waals surface area contributed by atoms with E-state index in [1.807, 2.05) is 12.1 Å². The third-order valence-electron chi connectivity index (χ3n) is 3.13. The molecule has 0 fully saturated rings. The fourth-order valence-electron chi connectivity index (χ4n) is 1.97. The largest absolute Gasteiger partial charge is 0.338 e. The summed E-state index contributed by atoms with van der Waals surface area (Å²) in [5, 5.41) is 15.2. The Hall–Kier alpha value is -2.32. The van der Waals surface area contributed by atoms with Crippen LogP contribution in [0, 0.1) is 6.92 Å². The molecule has 0 aliphatic rings. The maximum absolute atomic E-state index is 12.3. The van der Waals surface area contributed by atoms with Crippen LogP contribution in [0.4, 0.5) is 5.88 Å². The summed E-state index contributed by atoms with van der Waals surface area (Å²) in [7, 11) is 0. The number of benzene rings is 1. The molecule has 7 nitrogen and oxygen atoms in total. The molecule has 9 heteroatoms. The van der Waals surface area contributed by atoms with Crippen LogP contribution < -0.4 is 5.32 Å². The lowest BCUT2D eigenvalue weighted by atomic mass is 10.3. The van der Waals surface area contributed by atoms with Gasteiger partial charge in [-0.1, -0.05) is 34.6 Å². The maximum Gasteiger partial charge on any atom is 0.240 e. The second kappa shape index (κ2) is 7.06. The Balaban J connectivity index is 1.72. The summed E-state index contributed by atoms with van der Waals surface area (Å²) in [4.78, 5) is 12.3. The van der Waals surface area contributed by atoms with Crippen molar-refractivity contribution in [2.75, 3.05) is 5.32 Å². The molecule has 0 aliphatic heterocycles. The zero-order valence-electron chi connectivity index (χ0n) is 12.9. The molecule has 2 heterocycles. The molecule has 1 atom stereocenters. The predicted molar refractivity (Wildman–Crippen MR) is 91.6 cm³/mol. The van der Waals surface area contributed by atoms with E-state index >= 15 is 0 Å². The van der Waals surface area contributed by atoms with Crippen molar-refractivity contribution in [3.8, 4) is 5.69 Å². The molecule has 0 saturated heterocycles. The minimum atomic E-state index is -0.405. The smallest absolute Gasteiger partial charge is 0.240 e. The molecule has 2 aromatic heterocycles. The summed E-state index contributed by atoms with van der Waals surface area (Å²) in [6, 6.07) is 8.98. The molecule has 1 aromatic carbocycles. The van der Waals surface area contributed by atoms with E-state index in [4.69, 9.17) is 16.1 Å². The van der Waals surface area contributed by atoms with E-state index in [2.05, 4.69) is 20.7 Å². The van der Waals surface area contributed by atoms with E-state index in [-0.39, 0.29) is 5.91 Å². The Morgan fingerprint density at radius 2 is 2.25 bits per heavy atom. The summed E-state index contributed by atoms with van der Waals surface area (Å²) in [6.07, 6.45) is 1.58. The van der Waals surface area contributed by atoms with Gasteiger partial charge in [-0.2, -0.15) is 0 Å². The number of hydrogen-bond donors (Lipinski definition) is 1. The first-order valence-corrected chi connectivity index (χ1v) is 8.35. The number of aryl methyl sites for hydroxylation is 1. The van der Waals surface area contributed by atoms with Crippen molar-refractivity contribution in [3.63, 3.8) is 0 Å². The molecule has 0 saturated carbocycles. The highest BCUT2D eigenvalue weighted by Gasteiger charge is 2.19. The molecule has 0 spiro atoms. The lowest BCUT2D eigenvalue weighted by Crippen LogP contribution is -2.22. The van der Waals surface area contributed by atoms with Crippen LogP contribution in [0.15, 0.2) is 46.3 Å². The Morgan fingerprint density at radius 3 is 2.96 bits per heavy atom. The standard InChI is InChI=1S/C15H14ClN5O2S/c1-9-6-13(23-20-9)18-14(22)10(2)24-15-19-17-8-21(15)12-5-3-4-11(16)7-12/h3-8,10H,1-2H3,(H,18,22). The van der Waals surface area contributed by atoms with Crippen molar-refractivity contribution in [1.82, 2.24) is 19.9 Å². The number of halogens is 1. The van der Waals surface area contributed by atoms with Gasteiger partial charge in [0.2, 0.25) is 11.8 Å². The van der Waals surface area contributed by atoms with E-state index in [9.17, 15) is 4.79 Å². The van der Waals surface area contributed by atoms with Crippen molar-refractivity contribution < 1.29 is 9.32 Å². The fourth-order valence-corrected chi connectivity index (χ4v) is 2.99. The normalized spacial score (nSPS) is 12.1. The third kappa shape index (κ3) is 3.77. The molecule has 3 aromatic rings. The molecule has 1 amide bonds. The maximum atomic E-state index is 12.3. The van der Waals surface area contributed by atoms with E-state index in [1.54, 1.807) is 42.9 Å². The van der Waals surface area contributed by atoms with Gasteiger partial charge in [0.25, 0.3) is 0 Å². The second-order valence-electron chi connectivity index (χ2n) is 5.05. The van der Waals surface area contributed by atoms with Gasteiger partial charge in [0.05, 0.1) is 16.6 Å². The summed E-state index contributed by atoms with van der Waals surface area (Å²) in [5.74, 6) is 0.109. The summed E-state index contributed by atoms with van der Waals surface area (Å²) in [5.41, 5.74) is 1.53. The van der Waals surface area contributed by atoms with Gasteiger partial charge in [0.15, 0.2) is 5.16 Å². The first-order chi connectivity index (χ1) is 11.5. The van der Waals surface area contributed by atoms with E-state index in [1.165, 1.54) is 11.8 Å². The van der Waals surface area contributed by atoms with Crippen molar-refractivity contribution in [1.29, 1.82) is 0 Å². The molecule has 0 aliphatic carbocycles. The number of nitrogens with zero attached hydrogens (tertiary/aromatic N) is 4. The molecule has 1 N–H and O–H groups in total. The number of carbonyl (C=O) groups excluding carboxylic acids is 1. The van der Waals surface area contributed by atoms with Gasteiger partial charge in [-0.15, -0.1) is 10.2 Å². The highest BCUT2D eigenvalue weighted by molar-refractivity contribution is 8.00. The molecule has 0 radical (unpaired) electrons. The summed E-state index contributed by atoms with van der Waals surface area (Å²) >= 11 is 7.30. The van der Waals surface area contributed by atoms with Gasteiger partial charge in [0, 0.05) is 11.1 Å². The SMILES string of the molecule is Cc1cc(NC(=O)C(C)Sc2nncn2-c2cccc(Cl)c2)on1. The van der Waals surface area contributed by atoms with Crippen LogP contribution in [0.3, 0.4) is 0 Å². The van der Waals surface area contributed by atoms with Gasteiger partial charge < -0.3 is 4.52 Å². The Bertz CT molecular complexity index is 863. The Morgan fingerprint density at radius 1 is 1.42 bits per heavy atom. The number of carbonyl (C=O) groups is 1. The summed E-state index contributed by atoms with van der Waals surface area (Å²) < 4.78 is 6.76. The van der Waals surface area contributed by atoms with Crippen LogP contribution in [0.25, 0.3) is 5.69 Å². The first kappa shape index (κ1) is 16.5. The Labute approximate surface area is 147 Å². The minimum absolute atomic E-state index is 0.211. The molecular formula is C15H14ClN5O2S. The van der Waals surface area contributed by atoms with E-state index in [0.717, 1.165) is 5.69 Å². The number of aromatic nitrogens is 4. The molecule has 1 unspecified atom stereocenters. The molecule has 124 valence electrons. The van der Waals surface area contributed by atoms with Gasteiger partial charge in [-0.05, 0) is 32.0 Å². The number of thioether (sulfide) groups is 1. The summed E-state index contributed by atoms with van der Waals surface area (Å²) in [6.45, 7) is 3.56. The lowest BCUT2D eigenvalue weighted by molar-refractivity contribution is -0.115. The third-order valence-corrected chi connectivity index (χ3v) is 4.42. The number of anilines is 1. The topological polar surface area (TPSA) is 85.8 Å².